The summed E-state index contributed by atoms with van der Waals surface area (Å²) in [7, 11) is 0. The molecular formula is C22H22ClFN2O2. The van der Waals surface area contributed by atoms with E-state index in [0.29, 0.717) is 30.1 Å². The van der Waals surface area contributed by atoms with Crippen molar-refractivity contribution in [1.29, 1.82) is 0 Å². The molecule has 0 aromatic heterocycles. The van der Waals surface area contributed by atoms with Crippen molar-refractivity contribution in [3.05, 3.63) is 58.9 Å². The van der Waals surface area contributed by atoms with Crippen LogP contribution in [0.4, 0.5) is 4.39 Å². The smallest absolute Gasteiger partial charge is 0.228 e. The Kier molecular flexibility index (Phi) is 4.88. The topological polar surface area (TPSA) is 49.4 Å². The van der Waals surface area contributed by atoms with E-state index in [4.69, 9.17) is 11.6 Å². The third-order valence-electron chi connectivity index (χ3n) is 5.93. The van der Waals surface area contributed by atoms with Gasteiger partial charge in [0.25, 0.3) is 0 Å². The van der Waals surface area contributed by atoms with Crippen LogP contribution in [-0.4, -0.2) is 35.8 Å². The van der Waals surface area contributed by atoms with Crippen molar-refractivity contribution in [3.63, 3.8) is 0 Å². The second-order valence-electron chi connectivity index (χ2n) is 7.87. The standard InChI is InChI=1S/C22H22ClFN2O2/c1-14(27)26-9-8-22(13-26)12-18(25-21(22)28)10-15-2-4-16(5-3-15)19-11-17(23)6-7-20(19)24/h2-7,11,18H,8-10,12-13H2,1H3,(H,25,28)/t18-,22?/m1/s1. The number of rotatable bonds is 3. The van der Waals surface area contributed by atoms with Crippen molar-refractivity contribution in [3.8, 4) is 11.1 Å². The molecule has 2 aromatic rings. The van der Waals surface area contributed by atoms with E-state index in [9.17, 15) is 14.0 Å². The quantitative estimate of drug-likeness (QED) is 0.851. The molecule has 1 spiro atoms. The van der Waals surface area contributed by atoms with Gasteiger partial charge in [-0.25, -0.2) is 4.39 Å². The number of carbonyl (C=O) groups is 2. The average molecular weight is 401 g/mol. The van der Waals surface area contributed by atoms with Crippen LogP contribution in [0.1, 0.15) is 25.3 Å². The highest BCUT2D eigenvalue weighted by Crippen LogP contribution is 2.40. The van der Waals surface area contributed by atoms with Gasteiger partial charge in [-0.2, -0.15) is 0 Å². The minimum absolute atomic E-state index is 0.0250. The lowest BCUT2D eigenvalue weighted by Gasteiger charge is -2.20. The summed E-state index contributed by atoms with van der Waals surface area (Å²) in [4.78, 5) is 26.0. The molecule has 4 nitrogen and oxygen atoms in total. The van der Waals surface area contributed by atoms with E-state index in [-0.39, 0.29) is 23.7 Å². The van der Waals surface area contributed by atoms with Crippen LogP contribution in [0.5, 0.6) is 0 Å². The summed E-state index contributed by atoms with van der Waals surface area (Å²) in [6.45, 7) is 2.71. The Morgan fingerprint density at radius 3 is 2.71 bits per heavy atom. The first-order valence-corrected chi connectivity index (χ1v) is 9.85. The Labute approximate surface area is 168 Å². The number of amides is 2. The van der Waals surface area contributed by atoms with Crippen LogP contribution in [0.2, 0.25) is 5.02 Å². The van der Waals surface area contributed by atoms with Gasteiger partial charge in [0.05, 0.1) is 5.41 Å². The summed E-state index contributed by atoms with van der Waals surface area (Å²) in [6.07, 6.45) is 2.17. The number of halogens is 2. The fourth-order valence-electron chi connectivity index (χ4n) is 4.39. The molecule has 1 unspecified atom stereocenters. The van der Waals surface area contributed by atoms with Crippen molar-refractivity contribution in [2.45, 2.75) is 32.2 Å². The number of carbonyl (C=O) groups excluding carboxylic acids is 2. The Hall–Kier alpha value is -2.40. The lowest BCUT2D eigenvalue weighted by Crippen LogP contribution is -2.36. The minimum atomic E-state index is -0.444. The maximum atomic E-state index is 14.1. The molecule has 0 saturated carbocycles. The highest BCUT2D eigenvalue weighted by molar-refractivity contribution is 6.30. The normalized spacial score (nSPS) is 24.0. The van der Waals surface area contributed by atoms with Crippen LogP contribution >= 0.6 is 11.6 Å². The van der Waals surface area contributed by atoms with Gasteiger partial charge in [0, 0.05) is 36.6 Å². The summed E-state index contributed by atoms with van der Waals surface area (Å²) in [5.41, 5.74) is 1.88. The number of benzene rings is 2. The van der Waals surface area contributed by atoms with Crippen molar-refractivity contribution in [2.75, 3.05) is 13.1 Å². The lowest BCUT2D eigenvalue weighted by molar-refractivity contribution is -0.130. The van der Waals surface area contributed by atoms with Crippen molar-refractivity contribution >= 4 is 23.4 Å². The average Bonchev–Trinajstić information content (AvgIpc) is 3.22. The number of likely N-dealkylation sites (tertiary alicyclic amines) is 1. The zero-order chi connectivity index (χ0) is 19.9. The molecule has 28 heavy (non-hydrogen) atoms. The van der Waals surface area contributed by atoms with Crippen molar-refractivity contribution in [2.24, 2.45) is 5.41 Å². The fourth-order valence-corrected chi connectivity index (χ4v) is 4.57. The van der Waals surface area contributed by atoms with Crippen LogP contribution in [0, 0.1) is 11.2 Å². The second kappa shape index (κ2) is 7.21. The molecule has 2 saturated heterocycles. The first kappa shape index (κ1) is 18.9. The molecule has 2 aliphatic heterocycles. The number of hydrogen-bond donors (Lipinski definition) is 1. The van der Waals surface area contributed by atoms with Crippen LogP contribution in [-0.2, 0) is 16.0 Å². The summed E-state index contributed by atoms with van der Waals surface area (Å²) < 4.78 is 14.1. The molecule has 2 atom stereocenters. The van der Waals surface area contributed by atoms with Crippen LogP contribution in [0.3, 0.4) is 0 Å². The van der Waals surface area contributed by atoms with Gasteiger partial charge >= 0.3 is 0 Å². The monoisotopic (exact) mass is 400 g/mol. The Morgan fingerprint density at radius 2 is 2.04 bits per heavy atom. The van der Waals surface area contributed by atoms with E-state index in [2.05, 4.69) is 5.32 Å². The molecule has 2 aromatic carbocycles. The number of nitrogens with zero attached hydrogens (tertiary/aromatic N) is 1. The van der Waals surface area contributed by atoms with E-state index in [1.165, 1.54) is 12.1 Å². The zero-order valence-corrected chi connectivity index (χ0v) is 16.4. The molecule has 2 fully saturated rings. The number of nitrogens with one attached hydrogen (secondary N) is 1. The van der Waals surface area contributed by atoms with Gasteiger partial charge in [0.15, 0.2) is 0 Å². The maximum absolute atomic E-state index is 14.1. The Morgan fingerprint density at radius 1 is 1.29 bits per heavy atom. The number of hydrogen-bond acceptors (Lipinski definition) is 2. The van der Waals surface area contributed by atoms with Gasteiger partial charge in [0.1, 0.15) is 5.82 Å². The summed E-state index contributed by atoms with van der Waals surface area (Å²) >= 11 is 5.98. The summed E-state index contributed by atoms with van der Waals surface area (Å²) in [5.74, 6) is -0.228. The minimum Gasteiger partial charge on any atom is -0.352 e. The van der Waals surface area contributed by atoms with Gasteiger partial charge in [-0.3, -0.25) is 9.59 Å². The maximum Gasteiger partial charge on any atom is 0.228 e. The first-order chi connectivity index (χ1) is 13.4. The summed E-state index contributed by atoms with van der Waals surface area (Å²) in [6, 6.07) is 12.2. The molecule has 0 bridgehead atoms. The highest BCUT2D eigenvalue weighted by atomic mass is 35.5. The highest BCUT2D eigenvalue weighted by Gasteiger charge is 2.51. The van der Waals surface area contributed by atoms with Gasteiger partial charge in [-0.1, -0.05) is 35.9 Å². The van der Waals surface area contributed by atoms with Crippen LogP contribution in [0.15, 0.2) is 42.5 Å². The van der Waals surface area contributed by atoms with Gasteiger partial charge in [0.2, 0.25) is 11.8 Å². The van der Waals surface area contributed by atoms with E-state index >= 15 is 0 Å². The molecule has 2 amide bonds. The molecule has 1 N–H and O–H groups in total. The molecule has 4 rings (SSSR count). The van der Waals surface area contributed by atoms with Crippen LogP contribution in [0.25, 0.3) is 11.1 Å². The van der Waals surface area contributed by atoms with E-state index < -0.39 is 5.41 Å². The van der Waals surface area contributed by atoms with Gasteiger partial charge in [-0.15, -0.1) is 0 Å². The largest absolute Gasteiger partial charge is 0.352 e. The van der Waals surface area contributed by atoms with Gasteiger partial charge in [-0.05, 0) is 48.6 Å². The molecule has 0 radical (unpaired) electrons. The molecular weight excluding hydrogens is 379 g/mol. The molecule has 2 aliphatic rings. The molecule has 146 valence electrons. The van der Waals surface area contributed by atoms with Gasteiger partial charge < -0.3 is 10.2 Å². The van der Waals surface area contributed by atoms with Crippen molar-refractivity contribution < 1.29 is 14.0 Å². The van der Waals surface area contributed by atoms with Crippen molar-refractivity contribution in [1.82, 2.24) is 10.2 Å². The predicted molar refractivity (Wildman–Crippen MR) is 106 cm³/mol. The first-order valence-electron chi connectivity index (χ1n) is 9.47. The molecule has 0 aliphatic carbocycles. The fraction of sp³-hybridized carbons (Fsp3) is 0.364. The zero-order valence-electron chi connectivity index (χ0n) is 15.7. The predicted octanol–water partition coefficient (Wildman–Crippen LogP) is 3.82. The SMILES string of the molecule is CC(=O)N1CCC2(C[C@@H](Cc3ccc(-c4cc(Cl)ccc4F)cc3)NC2=O)C1. The molecule has 2 heterocycles. The second-order valence-corrected chi connectivity index (χ2v) is 8.31. The van der Waals surface area contributed by atoms with E-state index in [1.807, 2.05) is 24.3 Å². The summed E-state index contributed by atoms with van der Waals surface area (Å²) in [5, 5.41) is 3.60. The van der Waals surface area contributed by atoms with E-state index in [1.54, 1.807) is 17.9 Å². The third kappa shape index (κ3) is 3.51. The van der Waals surface area contributed by atoms with E-state index in [0.717, 1.165) is 24.0 Å². The third-order valence-corrected chi connectivity index (χ3v) is 6.16. The van der Waals surface area contributed by atoms with Crippen LogP contribution < -0.4 is 5.32 Å². The Balaban J connectivity index is 1.45. The molecule has 6 heteroatoms. The Bertz CT molecular complexity index is 931. The lowest BCUT2D eigenvalue weighted by atomic mass is 9.83.